The van der Waals surface area contributed by atoms with E-state index < -0.39 is 0 Å². The Hall–Kier alpha value is -1.26. The molecule has 1 aromatic carbocycles. The van der Waals surface area contributed by atoms with E-state index in [-0.39, 0.29) is 5.91 Å². The number of nitrogens with one attached hydrogen (secondary N) is 1. The van der Waals surface area contributed by atoms with Crippen molar-refractivity contribution in [1.29, 1.82) is 0 Å². The van der Waals surface area contributed by atoms with Crippen LogP contribution in [-0.4, -0.2) is 43.7 Å². The fraction of sp³-hybridized carbons (Fsp3) is 0.533. The molecule has 1 aromatic rings. The molecule has 4 nitrogen and oxygen atoms in total. The molecular weight excluding hydrogens is 276 g/mol. The molecule has 0 radical (unpaired) electrons. The van der Waals surface area contributed by atoms with Crippen LogP contribution in [0, 0.1) is 0 Å². The zero-order chi connectivity index (χ0) is 14.4. The SMILES string of the molecule is CCCNc1ccc(Cl)cc1C(=O)N1CCCOCC1. The Labute approximate surface area is 125 Å². The highest BCUT2D eigenvalue weighted by Gasteiger charge is 2.20. The van der Waals surface area contributed by atoms with Crippen molar-refractivity contribution >= 4 is 23.2 Å². The van der Waals surface area contributed by atoms with Crippen molar-refractivity contribution in [3.05, 3.63) is 28.8 Å². The summed E-state index contributed by atoms with van der Waals surface area (Å²) < 4.78 is 5.39. The van der Waals surface area contributed by atoms with Crippen LogP contribution in [0.5, 0.6) is 0 Å². The van der Waals surface area contributed by atoms with E-state index in [9.17, 15) is 4.79 Å². The number of carbonyl (C=O) groups excluding carboxylic acids is 1. The average molecular weight is 297 g/mol. The molecule has 1 heterocycles. The van der Waals surface area contributed by atoms with Crippen molar-refractivity contribution in [3.63, 3.8) is 0 Å². The largest absolute Gasteiger partial charge is 0.384 e. The average Bonchev–Trinajstić information content (AvgIpc) is 2.74. The fourth-order valence-corrected chi connectivity index (χ4v) is 2.40. The highest BCUT2D eigenvalue weighted by molar-refractivity contribution is 6.31. The summed E-state index contributed by atoms with van der Waals surface area (Å²) in [6.07, 6.45) is 1.89. The number of benzene rings is 1. The lowest BCUT2D eigenvalue weighted by molar-refractivity contribution is 0.0742. The first-order valence-electron chi connectivity index (χ1n) is 7.13. The van der Waals surface area contributed by atoms with E-state index in [0.29, 0.717) is 23.7 Å². The van der Waals surface area contributed by atoms with Crippen LogP contribution >= 0.6 is 11.6 Å². The first-order valence-corrected chi connectivity index (χ1v) is 7.50. The number of amides is 1. The molecule has 0 bridgehead atoms. The molecule has 0 aliphatic carbocycles. The number of carbonyl (C=O) groups is 1. The summed E-state index contributed by atoms with van der Waals surface area (Å²) in [5, 5.41) is 3.87. The third-order valence-corrected chi connectivity index (χ3v) is 3.52. The van der Waals surface area contributed by atoms with Gasteiger partial charge < -0.3 is 15.0 Å². The van der Waals surface area contributed by atoms with Gasteiger partial charge in [0.05, 0.1) is 12.2 Å². The molecule has 0 saturated carbocycles. The Kier molecular flexibility index (Phi) is 5.68. The van der Waals surface area contributed by atoms with Gasteiger partial charge in [0.2, 0.25) is 0 Å². The van der Waals surface area contributed by atoms with Crippen molar-refractivity contribution in [1.82, 2.24) is 4.90 Å². The van der Waals surface area contributed by atoms with Gasteiger partial charge in [-0.1, -0.05) is 18.5 Å². The smallest absolute Gasteiger partial charge is 0.256 e. The molecule has 1 fully saturated rings. The number of ether oxygens (including phenoxy) is 1. The summed E-state index contributed by atoms with van der Waals surface area (Å²) in [5.41, 5.74) is 1.50. The monoisotopic (exact) mass is 296 g/mol. The molecule has 20 heavy (non-hydrogen) atoms. The van der Waals surface area contributed by atoms with Crippen LogP contribution in [0.4, 0.5) is 5.69 Å². The van der Waals surface area contributed by atoms with Gasteiger partial charge in [-0.3, -0.25) is 4.79 Å². The van der Waals surface area contributed by atoms with E-state index in [1.165, 1.54) is 0 Å². The standard InChI is InChI=1S/C15H21ClN2O2/c1-2-6-17-14-5-4-12(16)11-13(14)15(19)18-7-3-9-20-10-8-18/h4-5,11,17H,2-3,6-10H2,1H3. The second-order valence-corrected chi connectivity index (χ2v) is 5.31. The van der Waals surface area contributed by atoms with E-state index in [4.69, 9.17) is 16.3 Å². The third-order valence-electron chi connectivity index (χ3n) is 3.29. The number of anilines is 1. The van der Waals surface area contributed by atoms with Gasteiger partial charge in [-0.05, 0) is 31.0 Å². The van der Waals surface area contributed by atoms with Crippen molar-refractivity contribution in [2.45, 2.75) is 19.8 Å². The Bertz CT molecular complexity index is 457. The molecule has 0 spiro atoms. The van der Waals surface area contributed by atoms with Crippen LogP contribution in [0.1, 0.15) is 30.1 Å². The minimum absolute atomic E-state index is 0.0246. The van der Waals surface area contributed by atoms with E-state index in [1.54, 1.807) is 6.07 Å². The fourth-order valence-electron chi connectivity index (χ4n) is 2.23. The van der Waals surface area contributed by atoms with Crippen LogP contribution in [-0.2, 0) is 4.74 Å². The number of hydrogen-bond acceptors (Lipinski definition) is 3. The summed E-state index contributed by atoms with van der Waals surface area (Å²) in [6.45, 7) is 5.63. The molecule has 1 N–H and O–H groups in total. The second-order valence-electron chi connectivity index (χ2n) is 4.87. The van der Waals surface area contributed by atoms with Gasteiger partial charge in [-0.25, -0.2) is 0 Å². The summed E-state index contributed by atoms with van der Waals surface area (Å²) in [6, 6.07) is 5.43. The molecule has 1 amide bonds. The third kappa shape index (κ3) is 3.87. The van der Waals surface area contributed by atoms with Gasteiger partial charge in [0.25, 0.3) is 5.91 Å². The number of hydrogen-bond donors (Lipinski definition) is 1. The summed E-state index contributed by atoms with van der Waals surface area (Å²) in [5.74, 6) is 0.0246. The molecule has 5 heteroatoms. The Morgan fingerprint density at radius 3 is 3.05 bits per heavy atom. The van der Waals surface area contributed by atoms with Gasteiger partial charge in [0.15, 0.2) is 0 Å². The summed E-state index contributed by atoms with van der Waals surface area (Å²) in [4.78, 5) is 14.5. The Morgan fingerprint density at radius 2 is 2.25 bits per heavy atom. The lowest BCUT2D eigenvalue weighted by Gasteiger charge is -2.21. The van der Waals surface area contributed by atoms with Crippen LogP contribution < -0.4 is 5.32 Å². The zero-order valence-electron chi connectivity index (χ0n) is 11.8. The lowest BCUT2D eigenvalue weighted by Crippen LogP contribution is -2.33. The molecule has 0 aromatic heterocycles. The van der Waals surface area contributed by atoms with Crippen molar-refractivity contribution in [2.24, 2.45) is 0 Å². The van der Waals surface area contributed by atoms with Crippen LogP contribution in [0.3, 0.4) is 0 Å². The maximum atomic E-state index is 12.7. The molecule has 0 atom stereocenters. The Balaban J connectivity index is 2.20. The highest BCUT2D eigenvalue weighted by Crippen LogP contribution is 2.23. The predicted octanol–water partition coefficient (Wildman–Crippen LogP) is 3.02. The van der Waals surface area contributed by atoms with Gasteiger partial charge in [0.1, 0.15) is 0 Å². The normalized spacial score (nSPS) is 15.8. The van der Waals surface area contributed by atoms with Gasteiger partial charge in [0, 0.05) is 37.0 Å². The van der Waals surface area contributed by atoms with Gasteiger partial charge in [-0.15, -0.1) is 0 Å². The molecule has 0 unspecified atom stereocenters. The van der Waals surface area contributed by atoms with Crippen molar-refractivity contribution in [2.75, 3.05) is 38.2 Å². The van der Waals surface area contributed by atoms with E-state index in [0.717, 1.165) is 38.2 Å². The van der Waals surface area contributed by atoms with Crippen LogP contribution in [0.2, 0.25) is 5.02 Å². The topological polar surface area (TPSA) is 41.6 Å². The summed E-state index contributed by atoms with van der Waals surface area (Å²) in [7, 11) is 0. The summed E-state index contributed by atoms with van der Waals surface area (Å²) >= 11 is 6.04. The van der Waals surface area contributed by atoms with E-state index >= 15 is 0 Å². The van der Waals surface area contributed by atoms with Crippen LogP contribution in [0.15, 0.2) is 18.2 Å². The minimum atomic E-state index is 0.0246. The van der Waals surface area contributed by atoms with Crippen LogP contribution in [0.25, 0.3) is 0 Å². The predicted molar refractivity (Wildman–Crippen MR) is 81.6 cm³/mol. The highest BCUT2D eigenvalue weighted by atomic mass is 35.5. The first kappa shape index (κ1) is 15.1. The van der Waals surface area contributed by atoms with Crippen molar-refractivity contribution < 1.29 is 9.53 Å². The Morgan fingerprint density at radius 1 is 1.40 bits per heavy atom. The maximum absolute atomic E-state index is 12.7. The number of nitrogens with zero attached hydrogens (tertiary/aromatic N) is 1. The maximum Gasteiger partial charge on any atom is 0.256 e. The molecule has 1 aliphatic heterocycles. The quantitative estimate of drug-likeness (QED) is 0.928. The molecule has 1 aliphatic rings. The van der Waals surface area contributed by atoms with Crippen molar-refractivity contribution in [3.8, 4) is 0 Å². The molecule has 2 rings (SSSR count). The molecule has 1 saturated heterocycles. The van der Waals surface area contributed by atoms with E-state index in [1.807, 2.05) is 17.0 Å². The number of halogens is 1. The second kappa shape index (κ2) is 7.50. The minimum Gasteiger partial charge on any atom is -0.384 e. The van der Waals surface area contributed by atoms with Gasteiger partial charge in [-0.2, -0.15) is 0 Å². The molecule has 110 valence electrons. The number of rotatable bonds is 4. The first-order chi connectivity index (χ1) is 9.72. The van der Waals surface area contributed by atoms with E-state index in [2.05, 4.69) is 12.2 Å². The zero-order valence-corrected chi connectivity index (χ0v) is 12.6. The molecular formula is C15H21ClN2O2. The lowest BCUT2D eigenvalue weighted by atomic mass is 10.1. The van der Waals surface area contributed by atoms with Gasteiger partial charge >= 0.3 is 0 Å².